The van der Waals surface area contributed by atoms with E-state index in [2.05, 4.69) is 34.3 Å². The number of hydrogen-bond donors (Lipinski definition) is 1. The van der Waals surface area contributed by atoms with Crippen LogP contribution in [0.3, 0.4) is 0 Å². The van der Waals surface area contributed by atoms with Crippen molar-refractivity contribution in [3.05, 3.63) is 12.2 Å². The third-order valence-corrected chi connectivity index (χ3v) is 10.6. The maximum atomic E-state index is 12.1. The highest BCUT2D eigenvalue weighted by atomic mass is 16.5. The first-order chi connectivity index (χ1) is 15.1. The molecule has 0 heterocycles. The number of ether oxygens (including phenoxy) is 1. The van der Waals surface area contributed by atoms with Crippen molar-refractivity contribution in [2.24, 2.45) is 46.8 Å². The largest absolute Gasteiger partial charge is 0.463 e. The molecule has 0 bridgehead atoms. The highest BCUT2D eigenvalue weighted by molar-refractivity contribution is 5.66. The van der Waals surface area contributed by atoms with Gasteiger partial charge in [0, 0.05) is 12.8 Å². The molecule has 9 atom stereocenters. The van der Waals surface area contributed by atoms with Gasteiger partial charge in [-0.15, -0.1) is 0 Å². The van der Waals surface area contributed by atoms with Gasteiger partial charge in [-0.05, 0) is 92.3 Å². The summed E-state index contributed by atoms with van der Waals surface area (Å²) in [5, 5.41) is 12.1. The fourth-order valence-electron chi connectivity index (χ4n) is 8.81. The molecule has 3 nitrogen and oxygen atoms in total. The van der Waals surface area contributed by atoms with Gasteiger partial charge in [0.25, 0.3) is 0 Å². The van der Waals surface area contributed by atoms with E-state index in [1.165, 1.54) is 38.2 Å². The maximum absolute atomic E-state index is 12.1. The van der Waals surface area contributed by atoms with E-state index >= 15 is 0 Å². The monoisotopic (exact) mass is 444 g/mol. The first kappa shape index (κ1) is 24.3. The van der Waals surface area contributed by atoms with E-state index in [-0.39, 0.29) is 23.4 Å². The third kappa shape index (κ3) is 4.21. The van der Waals surface area contributed by atoms with Gasteiger partial charge in [0.2, 0.25) is 0 Å². The summed E-state index contributed by atoms with van der Waals surface area (Å²) >= 11 is 0. The van der Waals surface area contributed by atoms with E-state index in [4.69, 9.17) is 4.74 Å². The molecule has 4 aliphatic rings. The van der Waals surface area contributed by atoms with Crippen molar-refractivity contribution in [1.29, 1.82) is 0 Å². The lowest BCUT2D eigenvalue weighted by Gasteiger charge is -2.55. The van der Waals surface area contributed by atoms with Crippen molar-refractivity contribution in [2.45, 2.75) is 117 Å². The van der Waals surface area contributed by atoms with Gasteiger partial charge in [0.1, 0.15) is 6.10 Å². The van der Waals surface area contributed by atoms with Gasteiger partial charge in [0.05, 0.1) is 5.60 Å². The highest BCUT2D eigenvalue weighted by Crippen LogP contribution is 2.67. The molecule has 0 saturated heterocycles. The average molecular weight is 445 g/mol. The van der Waals surface area contributed by atoms with Crippen LogP contribution in [0.2, 0.25) is 0 Å². The van der Waals surface area contributed by atoms with Crippen molar-refractivity contribution in [3.63, 3.8) is 0 Å². The minimum atomic E-state index is -0.531. The van der Waals surface area contributed by atoms with Gasteiger partial charge < -0.3 is 9.84 Å². The molecule has 0 aromatic rings. The lowest BCUT2D eigenvalue weighted by molar-refractivity contribution is -0.156. The number of esters is 1. The number of aliphatic hydroxyl groups is 1. The average Bonchev–Trinajstić information content (AvgIpc) is 3.02. The smallest absolute Gasteiger partial charge is 0.302 e. The van der Waals surface area contributed by atoms with Crippen molar-refractivity contribution in [3.8, 4) is 0 Å². The molecule has 0 aliphatic heterocycles. The molecule has 4 saturated carbocycles. The molecular weight excluding hydrogens is 396 g/mol. The summed E-state index contributed by atoms with van der Waals surface area (Å²) in [5.74, 6) is 3.80. The van der Waals surface area contributed by atoms with E-state index in [1.54, 1.807) is 0 Å². The number of rotatable bonds is 6. The minimum Gasteiger partial charge on any atom is -0.463 e. The molecule has 4 aliphatic carbocycles. The number of carbonyl (C=O) groups is 1. The fraction of sp³-hybridized carbons (Fsp3) is 0.897. The predicted octanol–water partition coefficient (Wildman–Crippen LogP) is 6.93. The Bertz CT molecular complexity index is 713. The zero-order valence-electron chi connectivity index (χ0n) is 21.4. The Hall–Kier alpha value is -0.830. The van der Waals surface area contributed by atoms with Crippen molar-refractivity contribution in [2.75, 3.05) is 0 Å². The van der Waals surface area contributed by atoms with Crippen LogP contribution in [-0.4, -0.2) is 22.8 Å². The molecule has 4 fully saturated rings. The Morgan fingerprint density at radius 1 is 1.09 bits per heavy atom. The summed E-state index contributed by atoms with van der Waals surface area (Å²) < 4.78 is 5.61. The van der Waals surface area contributed by atoms with Gasteiger partial charge in [-0.1, -0.05) is 59.1 Å². The van der Waals surface area contributed by atoms with Crippen molar-refractivity contribution in [1.82, 2.24) is 0 Å². The minimum absolute atomic E-state index is 0.0972. The predicted molar refractivity (Wildman–Crippen MR) is 130 cm³/mol. The summed E-state index contributed by atoms with van der Waals surface area (Å²) in [4.78, 5) is 11.5. The van der Waals surface area contributed by atoms with Gasteiger partial charge in [-0.3, -0.25) is 4.79 Å². The van der Waals surface area contributed by atoms with Crippen LogP contribution in [0.1, 0.15) is 105 Å². The summed E-state index contributed by atoms with van der Waals surface area (Å²) in [6, 6.07) is 0. The molecule has 182 valence electrons. The molecule has 0 amide bonds. The molecular formula is C29H48O3. The fourth-order valence-corrected chi connectivity index (χ4v) is 8.81. The lowest BCUT2D eigenvalue weighted by atomic mass is 9.51. The molecule has 4 rings (SSSR count). The number of fused-ring (bicyclic) bond motifs is 5. The topological polar surface area (TPSA) is 46.5 Å². The molecule has 3 heteroatoms. The second kappa shape index (κ2) is 9.08. The SMILES string of the molecule is C=C1C2C[C@H]3[C@@H](CC[C@H]4C[C@@H](OC(C)=O)CC[C@@]43C)[C@]2(O)CC[C@@H]1[C@H](C)CCCC(C)C. The first-order valence-electron chi connectivity index (χ1n) is 13.6. The summed E-state index contributed by atoms with van der Waals surface area (Å²) in [7, 11) is 0. The molecule has 1 unspecified atom stereocenters. The third-order valence-electron chi connectivity index (χ3n) is 10.6. The maximum Gasteiger partial charge on any atom is 0.302 e. The summed E-state index contributed by atoms with van der Waals surface area (Å²) in [6.07, 6.45) is 12.6. The quantitative estimate of drug-likeness (QED) is 0.357. The van der Waals surface area contributed by atoms with Crippen LogP contribution in [-0.2, 0) is 9.53 Å². The van der Waals surface area contributed by atoms with Gasteiger partial charge >= 0.3 is 5.97 Å². The van der Waals surface area contributed by atoms with Crippen LogP contribution in [0.25, 0.3) is 0 Å². The summed E-state index contributed by atoms with van der Waals surface area (Å²) in [6.45, 7) is 15.8. The first-order valence-corrected chi connectivity index (χ1v) is 13.6. The van der Waals surface area contributed by atoms with E-state index < -0.39 is 5.60 Å². The van der Waals surface area contributed by atoms with Crippen LogP contribution in [0.4, 0.5) is 0 Å². The molecule has 0 radical (unpaired) electrons. The lowest BCUT2D eigenvalue weighted by Crippen LogP contribution is -2.52. The van der Waals surface area contributed by atoms with Gasteiger partial charge in [0.15, 0.2) is 0 Å². The molecule has 1 N–H and O–H groups in total. The Morgan fingerprint density at radius 3 is 2.53 bits per heavy atom. The molecule has 0 aromatic heterocycles. The van der Waals surface area contributed by atoms with Crippen LogP contribution in [0, 0.1) is 46.8 Å². The van der Waals surface area contributed by atoms with E-state index in [9.17, 15) is 9.90 Å². The van der Waals surface area contributed by atoms with Gasteiger partial charge in [-0.25, -0.2) is 0 Å². The molecule has 32 heavy (non-hydrogen) atoms. The Balaban J connectivity index is 1.46. The highest BCUT2D eigenvalue weighted by Gasteiger charge is 2.64. The van der Waals surface area contributed by atoms with E-state index in [0.717, 1.165) is 50.9 Å². The van der Waals surface area contributed by atoms with E-state index in [0.29, 0.717) is 29.6 Å². The van der Waals surface area contributed by atoms with Gasteiger partial charge in [-0.2, -0.15) is 0 Å². The van der Waals surface area contributed by atoms with Crippen LogP contribution >= 0.6 is 0 Å². The summed E-state index contributed by atoms with van der Waals surface area (Å²) in [5.41, 5.74) is 1.11. The van der Waals surface area contributed by atoms with Crippen molar-refractivity contribution < 1.29 is 14.6 Å². The zero-order chi connectivity index (χ0) is 23.3. The standard InChI is InChI=1S/C29H48O3/c1-18(2)8-7-9-19(3)24-13-15-29(31)25-11-10-22-16-23(32-21(5)30)12-14-28(22,6)27(25)17-26(29)20(24)4/h18-19,22-27,31H,4,7-17H2,1-3,5-6H3/t19-,22+,23+,24-,25-,26?,27+,28+,29-/m1/s1. The van der Waals surface area contributed by atoms with Crippen LogP contribution in [0.15, 0.2) is 12.2 Å². The normalized spacial score (nSPS) is 44.5. The number of hydrogen-bond acceptors (Lipinski definition) is 3. The molecule has 0 aromatic carbocycles. The van der Waals surface area contributed by atoms with Crippen molar-refractivity contribution >= 4 is 5.97 Å². The van der Waals surface area contributed by atoms with E-state index in [1.807, 2.05) is 0 Å². The second-order valence-electron chi connectivity index (χ2n) is 12.8. The number of carbonyl (C=O) groups excluding carboxylic acids is 1. The zero-order valence-corrected chi connectivity index (χ0v) is 21.4. The van der Waals surface area contributed by atoms with Crippen LogP contribution in [0.5, 0.6) is 0 Å². The molecule has 0 spiro atoms. The Kier molecular flexibility index (Phi) is 6.90. The Morgan fingerprint density at radius 2 is 1.84 bits per heavy atom. The van der Waals surface area contributed by atoms with Crippen LogP contribution < -0.4 is 0 Å². The second-order valence-corrected chi connectivity index (χ2v) is 12.8. The Labute approximate surface area is 196 Å².